The van der Waals surface area contributed by atoms with Gasteiger partial charge in [-0.25, -0.2) is 0 Å². The molecule has 3 rings (SSSR count). The molecule has 0 heterocycles. The number of rotatable bonds is 16. The van der Waals surface area contributed by atoms with Crippen molar-refractivity contribution in [2.45, 2.75) is 64.2 Å². The van der Waals surface area contributed by atoms with Gasteiger partial charge in [-0.05, 0) is 25.7 Å². The zero-order valence-electron chi connectivity index (χ0n) is 19.2. The topological polar surface area (TPSA) is 58.9 Å². The highest BCUT2D eigenvalue weighted by atomic mass is 16.5. The van der Waals surface area contributed by atoms with Gasteiger partial charge in [-0.2, -0.15) is 0 Å². The quantitative estimate of drug-likeness (QED) is 0.194. The number of benzene rings is 3. The first-order valence-corrected chi connectivity index (χ1v) is 12.3. The Kier molecular flexibility index (Phi) is 10.6. The largest absolute Gasteiger partial charge is 0.492 e. The predicted molar refractivity (Wildman–Crippen MR) is 133 cm³/mol. The molecule has 32 heavy (non-hydrogen) atoms. The molecule has 0 spiro atoms. The van der Waals surface area contributed by atoms with Crippen LogP contribution in [0.3, 0.4) is 0 Å². The van der Waals surface area contributed by atoms with Gasteiger partial charge in [0, 0.05) is 34.8 Å². The summed E-state index contributed by atoms with van der Waals surface area (Å²) < 4.78 is 12.7. The van der Waals surface area contributed by atoms with Gasteiger partial charge < -0.3 is 19.7 Å². The van der Waals surface area contributed by atoms with Crippen LogP contribution >= 0.6 is 0 Å². The normalized spacial score (nSPS) is 11.3. The molecule has 4 heteroatoms. The van der Waals surface area contributed by atoms with Crippen molar-refractivity contribution in [1.82, 2.24) is 0 Å². The lowest BCUT2D eigenvalue weighted by molar-refractivity contribution is 0.278. The van der Waals surface area contributed by atoms with Crippen molar-refractivity contribution in [2.75, 3.05) is 26.4 Å². The van der Waals surface area contributed by atoms with Gasteiger partial charge in [0.25, 0.3) is 0 Å². The SMILES string of the molecule is OCCCCCCCOc1c2ccccc2c(OCCCCCCCO)c2ccccc12. The van der Waals surface area contributed by atoms with Crippen molar-refractivity contribution in [3.8, 4) is 11.5 Å². The van der Waals surface area contributed by atoms with E-state index in [1.165, 1.54) is 0 Å². The number of ether oxygens (including phenoxy) is 2. The Balaban J connectivity index is 1.72. The molecule has 0 aliphatic heterocycles. The van der Waals surface area contributed by atoms with Crippen molar-refractivity contribution < 1.29 is 19.7 Å². The van der Waals surface area contributed by atoms with Crippen LogP contribution in [0.25, 0.3) is 21.5 Å². The second-order valence-electron chi connectivity index (χ2n) is 8.43. The summed E-state index contributed by atoms with van der Waals surface area (Å²) in [7, 11) is 0. The van der Waals surface area contributed by atoms with E-state index in [1.54, 1.807) is 0 Å². The molecular weight excluding hydrogens is 400 g/mol. The first kappa shape index (κ1) is 24.3. The lowest BCUT2D eigenvalue weighted by Crippen LogP contribution is -2.02. The second kappa shape index (κ2) is 14.0. The molecule has 0 fully saturated rings. The summed E-state index contributed by atoms with van der Waals surface area (Å²) in [6.07, 6.45) is 10.5. The third kappa shape index (κ3) is 6.85. The van der Waals surface area contributed by atoms with Crippen molar-refractivity contribution in [2.24, 2.45) is 0 Å². The summed E-state index contributed by atoms with van der Waals surface area (Å²) >= 11 is 0. The van der Waals surface area contributed by atoms with Gasteiger partial charge in [0.2, 0.25) is 0 Å². The molecule has 3 aromatic carbocycles. The van der Waals surface area contributed by atoms with Gasteiger partial charge >= 0.3 is 0 Å². The Labute approximate surface area is 192 Å². The number of hydrogen-bond acceptors (Lipinski definition) is 4. The molecule has 0 aromatic heterocycles. The van der Waals surface area contributed by atoms with E-state index in [-0.39, 0.29) is 13.2 Å². The van der Waals surface area contributed by atoms with Crippen molar-refractivity contribution >= 4 is 21.5 Å². The van der Waals surface area contributed by atoms with Crippen molar-refractivity contribution in [3.63, 3.8) is 0 Å². The molecule has 0 bridgehead atoms. The Bertz CT molecular complexity index is 804. The van der Waals surface area contributed by atoms with E-state index in [2.05, 4.69) is 48.5 Å². The maximum atomic E-state index is 8.91. The predicted octanol–water partition coefficient (Wildman–Crippen LogP) is 6.64. The minimum atomic E-state index is 0.284. The molecule has 0 saturated carbocycles. The molecular formula is C28H38O4. The molecule has 174 valence electrons. The summed E-state index contributed by atoms with van der Waals surface area (Å²) in [4.78, 5) is 0. The van der Waals surface area contributed by atoms with E-state index in [1.807, 2.05) is 0 Å². The summed E-state index contributed by atoms with van der Waals surface area (Å²) in [5.41, 5.74) is 0. The van der Waals surface area contributed by atoms with E-state index in [9.17, 15) is 0 Å². The molecule has 0 saturated heterocycles. The molecule has 2 N–H and O–H groups in total. The first-order valence-electron chi connectivity index (χ1n) is 12.3. The molecule has 0 unspecified atom stereocenters. The lowest BCUT2D eigenvalue weighted by Gasteiger charge is -2.18. The third-order valence-corrected chi connectivity index (χ3v) is 5.93. The summed E-state index contributed by atoms with van der Waals surface area (Å²) in [6, 6.07) is 16.7. The van der Waals surface area contributed by atoms with Gasteiger partial charge in [0.15, 0.2) is 0 Å². The van der Waals surface area contributed by atoms with Crippen LogP contribution < -0.4 is 9.47 Å². The van der Waals surface area contributed by atoms with Gasteiger partial charge in [-0.1, -0.05) is 87.1 Å². The van der Waals surface area contributed by atoms with Crippen molar-refractivity contribution in [3.05, 3.63) is 48.5 Å². The lowest BCUT2D eigenvalue weighted by atomic mass is 10.0. The molecule has 0 radical (unpaired) electrons. The maximum absolute atomic E-state index is 8.91. The number of fused-ring (bicyclic) bond motifs is 2. The standard InChI is InChI=1S/C28H38O4/c29-19-11-3-1-5-13-21-31-27-23-15-7-9-17-25(23)28(26-18-10-8-16-24(26)27)32-22-14-6-2-4-12-20-30/h7-10,15-18,29-30H,1-6,11-14,19-22H2. The van der Waals surface area contributed by atoms with Gasteiger partial charge in [0.1, 0.15) is 11.5 Å². The summed E-state index contributed by atoms with van der Waals surface area (Å²) in [5, 5.41) is 22.2. The van der Waals surface area contributed by atoms with E-state index in [0.29, 0.717) is 13.2 Å². The fourth-order valence-corrected chi connectivity index (χ4v) is 4.20. The van der Waals surface area contributed by atoms with Crippen LogP contribution in [0.2, 0.25) is 0 Å². The van der Waals surface area contributed by atoms with Crippen LogP contribution in [0.5, 0.6) is 11.5 Å². The van der Waals surface area contributed by atoms with Crippen LogP contribution in [0, 0.1) is 0 Å². The zero-order chi connectivity index (χ0) is 22.4. The Hall–Kier alpha value is -2.30. The fraction of sp³-hybridized carbons (Fsp3) is 0.500. The van der Waals surface area contributed by atoms with Crippen LogP contribution in [0.4, 0.5) is 0 Å². The third-order valence-electron chi connectivity index (χ3n) is 5.93. The number of hydrogen-bond donors (Lipinski definition) is 2. The molecule has 0 amide bonds. The Morgan fingerprint density at radius 1 is 0.438 bits per heavy atom. The first-order chi connectivity index (χ1) is 15.9. The van der Waals surface area contributed by atoms with E-state index in [0.717, 1.165) is 97.3 Å². The van der Waals surface area contributed by atoms with Gasteiger partial charge in [-0.3, -0.25) is 0 Å². The minimum Gasteiger partial charge on any atom is -0.492 e. The van der Waals surface area contributed by atoms with Crippen molar-refractivity contribution in [1.29, 1.82) is 0 Å². The average molecular weight is 439 g/mol. The van der Waals surface area contributed by atoms with Crippen LogP contribution in [0.1, 0.15) is 64.2 Å². The minimum absolute atomic E-state index is 0.284. The smallest absolute Gasteiger partial charge is 0.135 e. The number of aliphatic hydroxyl groups excluding tert-OH is 2. The molecule has 0 aliphatic rings. The number of aliphatic hydroxyl groups is 2. The summed E-state index contributed by atoms with van der Waals surface area (Å²) in [5.74, 6) is 1.89. The van der Waals surface area contributed by atoms with E-state index < -0.39 is 0 Å². The molecule has 0 aliphatic carbocycles. The molecule has 0 atom stereocenters. The number of unbranched alkanes of at least 4 members (excludes halogenated alkanes) is 8. The fourth-order valence-electron chi connectivity index (χ4n) is 4.20. The van der Waals surface area contributed by atoms with Crippen LogP contribution in [0.15, 0.2) is 48.5 Å². The van der Waals surface area contributed by atoms with E-state index in [4.69, 9.17) is 19.7 Å². The highest BCUT2D eigenvalue weighted by Gasteiger charge is 2.15. The summed E-state index contributed by atoms with van der Waals surface area (Å²) in [6.45, 7) is 1.96. The molecule has 4 nitrogen and oxygen atoms in total. The monoisotopic (exact) mass is 438 g/mol. The zero-order valence-corrected chi connectivity index (χ0v) is 19.2. The Morgan fingerprint density at radius 3 is 1.09 bits per heavy atom. The van der Waals surface area contributed by atoms with Crippen LogP contribution in [-0.4, -0.2) is 36.6 Å². The highest BCUT2D eigenvalue weighted by molar-refractivity contribution is 6.11. The maximum Gasteiger partial charge on any atom is 0.135 e. The van der Waals surface area contributed by atoms with Crippen LogP contribution in [-0.2, 0) is 0 Å². The highest BCUT2D eigenvalue weighted by Crippen LogP contribution is 2.42. The van der Waals surface area contributed by atoms with Gasteiger partial charge in [-0.15, -0.1) is 0 Å². The molecule has 3 aromatic rings. The van der Waals surface area contributed by atoms with Gasteiger partial charge in [0.05, 0.1) is 13.2 Å². The van der Waals surface area contributed by atoms with E-state index >= 15 is 0 Å². The average Bonchev–Trinajstić information content (AvgIpc) is 2.83. The second-order valence-corrected chi connectivity index (χ2v) is 8.43. The Morgan fingerprint density at radius 2 is 0.750 bits per heavy atom.